The summed E-state index contributed by atoms with van der Waals surface area (Å²) in [5, 5.41) is 4.00. The number of aryl methyl sites for hydroxylation is 2. The van der Waals surface area contributed by atoms with Gasteiger partial charge >= 0.3 is 0 Å². The van der Waals surface area contributed by atoms with Gasteiger partial charge in [0.15, 0.2) is 0 Å². The van der Waals surface area contributed by atoms with Crippen molar-refractivity contribution in [1.29, 1.82) is 0 Å². The second-order valence-electron chi connectivity index (χ2n) is 11.1. The molecule has 0 saturated heterocycles. The number of hydrogen-bond acceptors (Lipinski definition) is 3. The van der Waals surface area contributed by atoms with E-state index in [4.69, 9.17) is 0 Å². The maximum atomic E-state index is 12.6. The van der Waals surface area contributed by atoms with Gasteiger partial charge in [-0.15, -0.1) is 0 Å². The number of rotatable bonds is 9. The molecule has 0 bridgehead atoms. The molecule has 3 aromatic carbocycles. The van der Waals surface area contributed by atoms with E-state index >= 15 is 0 Å². The van der Waals surface area contributed by atoms with Crippen LogP contribution in [0.25, 0.3) is 0 Å². The van der Waals surface area contributed by atoms with Gasteiger partial charge in [-0.1, -0.05) is 72.3 Å². The summed E-state index contributed by atoms with van der Waals surface area (Å²) in [7, 11) is -3.42. The fourth-order valence-corrected chi connectivity index (χ4v) is 7.41. The molecule has 2 aliphatic rings. The third-order valence-corrected chi connectivity index (χ3v) is 9.90. The van der Waals surface area contributed by atoms with Gasteiger partial charge in [-0.3, -0.25) is 0 Å². The lowest BCUT2D eigenvalue weighted by Crippen LogP contribution is -2.42. The fourth-order valence-electron chi connectivity index (χ4n) is 6.27. The minimum absolute atomic E-state index is 0.349. The van der Waals surface area contributed by atoms with Gasteiger partial charge in [-0.05, 0) is 99.1 Å². The van der Waals surface area contributed by atoms with Gasteiger partial charge in [0.25, 0.3) is 0 Å². The summed E-state index contributed by atoms with van der Waals surface area (Å²) >= 11 is 0. The van der Waals surface area contributed by atoms with Crippen molar-refractivity contribution in [3.05, 3.63) is 101 Å². The first-order valence-corrected chi connectivity index (χ1v) is 15.4. The van der Waals surface area contributed by atoms with Gasteiger partial charge in [0, 0.05) is 18.5 Å². The number of sulfonamides is 1. The molecule has 2 unspecified atom stereocenters. The number of benzene rings is 3. The largest absolute Gasteiger partial charge is 0.313 e. The highest BCUT2D eigenvalue weighted by Crippen LogP contribution is 2.36. The van der Waals surface area contributed by atoms with E-state index in [0.29, 0.717) is 35.2 Å². The van der Waals surface area contributed by atoms with Crippen LogP contribution in [-0.2, 0) is 22.9 Å². The minimum atomic E-state index is -3.42. The normalized spacial score (nSPS) is 23.9. The molecule has 0 aliphatic heterocycles. The molecule has 0 amide bonds. The van der Waals surface area contributed by atoms with Crippen LogP contribution in [0, 0.1) is 18.8 Å². The molecule has 1 saturated carbocycles. The van der Waals surface area contributed by atoms with Crippen LogP contribution in [0.15, 0.2) is 83.8 Å². The van der Waals surface area contributed by atoms with Crippen molar-refractivity contribution >= 4 is 10.0 Å². The Kier molecular flexibility index (Phi) is 8.43. The van der Waals surface area contributed by atoms with Gasteiger partial charge in [-0.25, -0.2) is 13.1 Å². The molecule has 2 atom stereocenters. The lowest BCUT2D eigenvalue weighted by Gasteiger charge is -2.37. The van der Waals surface area contributed by atoms with E-state index in [1.54, 1.807) is 24.3 Å². The summed E-state index contributed by atoms with van der Waals surface area (Å²) in [5.41, 5.74) is 5.81. The molecule has 0 heterocycles. The van der Waals surface area contributed by atoms with Crippen molar-refractivity contribution in [2.24, 2.45) is 11.8 Å². The quantitative estimate of drug-likeness (QED) is 0.366. The molecule has 0 radical (unpaired) electrons. The monoisotopic (exact) mass is 516 g/mol. The van der Waals surface area contributed by atoms with Gasteiger partial charge < -0.3 is 5.32 Å². The Morgan fingerprint density at radius 1 is 0.784 bits per heavy atom. The van der Waals surface area contributed by atoms with Crippen LogP contribution in [0.3, 0.4) is 0 Å². The Labute approximate surface area is 223 Å². The predicted molar refractivity (Wildman–Crippen MR) is 151 cm³/mol. The zero-order valence-corrected chi connectivity index (χ0v) is 22.7. The molecule has 37 heavy (non-hydrogen) atoms. The highest BCUT2D eigenvalue weighted by Gasteiger charge is 2.31. The summed E-state index contributed by atoms with van der Waals surface area (Å²) < 4.78 is 28.0. The summed E-state index contributed by atoms with van der Waals surface area (Å²) in [6.45, 7) is 3.79. The van der Waals surface area contributed by atoms with Crippen LogP contribution in [0.2, 0.25) is 0 Å². The number of fused-ring (bicyclic) bond motifs is 1. The van der Waals surface area contributed by atoms with Crippen LogP contribution in [-0.4, -0.2) is 27.5 Å². The van der Waals surface area contributed by atoms with Crippen LogP contribution >= 0.6 is 0 Å². The number of nitrogens with one attached hydrogen (secondary N) is 2. The standard InChI is InChI=1S/C32H40N2O2S/c1-24-12-18-30-28(20-24)17-19-32(31(30)21-25-8-4-2-5-9-25)33-22-26-13-15-27(16-14-26)23-34-37(35,36)29-10-6-3-7-11-29/h2-12,18,20,26-27,31-34H,13-17,19,21-23H2,1H3. The van der Waals surface area contributed by atoms with E-state index in [0.717, 1.165) is 45.1 Å². The molecular formula is C32H40N2O2S. The van der Waals surface area contributed by atoms with Crippen molar-refractivity contribution in [2.75, 3.05) is 13.1 Å². The van der Waals surface area contributed by atoms with Crippen LogP contribution in [0.1, 0.15) is 60.3 Å². The Bertz CT molecular complexity index is 1250. The molecule has 2 N–H and O–H groups in total. The molecule has 5 rings (SSSR count). The second kappa shape index (κ2) is 11.9. The van der Waals surface area contributed by atoms with Crippen LogP contribution in [0.5, 0.6) is 0 Å². The van der Waals surface area contributed by atoms with Crippen molar-refractivity contribution in [2.45, 2.75) is 68.7 Å². The van der Waals surface area contributed by atoms with E-state index in [2.05, 4.69) is 65.5 Å². The molecule has 2 aliphatic carbocycles. The van der Waals surface area contributed by atoms with Gasteiger partial charge in [-0.2, -0.15) is 0 Å². The van der Waals surface area contributed by atoms with Gasteiger partial charge in [0.2, 0.25) is 10.0 Å². The van der Waals surface area contributed by atoms with Crippen molar-refractivity contribution in [3.63, 3.8) is 0 Å². The van der Waals surface area contributed by atoms with Gasteiger partial charge in [0.1, 0.15) is 0 Å². The topological polar surface area (TPSA) is 58.2 Å². The average molecular weight is 517 g/mol. The van der Waals surface area contributed by atoms with Crippen molar-refractivity contribution in [1.82, 2.24) is 10.0 Å². The molecule has 1 fully saturated rings. The summed E-state index contributed by atoms with van der Waals surface area (Å²) in [6.07, 6.45) is 7.91. The summed E-state index contributed by atoms with van der Waals surface area (Å²) in [6, 6.07) is 27.1. The maximum Gasteiger partial charge on any atom is 0.240 e. The van der Waals surface area contributed by atoms with Crippen LogP contribution < -0.4 is 10.0 Å². The molecule has 5 heteroatoms. The van der Waals surface area contributed by atoms with Crippen molar-refractivity contribution < 1.29 is 8.42 Å². The van der Waals surface area contributed by atoms with Crippen molar-refractivity contribution in [3.8, 4) is 0 Å². The first-order chi connectivity index (χ1) is 18.0. The highest BCUT2D eigenvalue weighted by molar-refractivity contribution is 7.89. The van der Waals surface area contributed by atoms with Crippen LogP contribution in [0.4, 0.5) is 0 Å². The van der Waals surface area contributed by atoms with E-state index in [-0.39, 0.29) is 0 Å². The van der Waals surface area contributed by atoms with E-state index in [1.165, 1.54) is 28.7 Å². The van der Waals surface area contributed by atoms with Gasteiger partial charge in [0.05, 0.1) is 4.90 Å². The molecular weight excluding hydrogens is 476 g/mol. The predicted octanol–water partition coefficient (Wildman–Crippen LogP) is 6.01. The Balaban J connectivity index is 1.15. The van der Waals surface area contributed by atoms with E-state index in [9.17, 15) is 8.42 Å². The molecule has 0 aromatic heterocycles. The molecule has 196 valence electrons. The van der Waals surface area contributed by atoms with E-state index in [1.807, 2.05) is 6.07 Å². The molecule has 0 spiro atoms. The maximum absolute atomic E-state index is 12.6. The lowest BCUT2D eigenvalue weighted by molar-refractivity contribution is 0.252. The Hall–Kier alpha value is -2.47. The SMILES string of the molecule is Cc1ccc2c(c1)CCC(NCC1CCC(CNS(=O)(=O)c3ccccc3)CC1)C2Cc1ccccc1. The first kappa shape index (κ1) is 26.1. The summed E-state index contributed by atoms with van der Waals surface area (Å²) in [4.78, 5) is 0.349. The Morgan fingerprint density at radius 2 is 1.43 bits per heavy atom. The van der Waals surface area contributed by atoms with E-state index < -0.39 is 10.0 Å². The summed E-state index contributed by atoms with van der Waals surface area (Å²) in [5.74, 6) is 1.58. The smallest absolute Gasteiger partial charge is 0.240 e. The third kappa shape index (κ3) is 6.70. The molecule has 3 aromatic rings. The zero-order chi connectivity index (χ0) is 25.7. The average Bonchev–Trinajstić information content (AvgIpc) is 2.93. The lowest BCUT2D eigenvalue weighted by atomic mass is 9.75. The number of hydrogen-bond donors (Lipinski definition) is 2. The first-order valence-electron chi connectivity index (χ1n) is 13.9. The third-order valence-electron chi connectivity index (χ3n) is 8.46. The minimum Gasteiger partial charge on any atom is -0.313 e. The Morgan fingerprint density at radius 3 is 2.14 bits per heavy atom. The fraction of sp³-hybridized carbons (Fsp3) is 0.438. The molecule has 4 nitrogen and oxygen atoms in total. The zero-order valence-electron chi connectivity index (χ0n) is 21.9. The highest BCUT2D eigenvalue weighted by atomic mass is 32.2. The second-order valence-corrected chi connectivity index (χ2v) is 12.9.